The van der Waals surface area contributed by atoms with Crippen molar-refractivity contribution >= 4 is 11.6 Å². The average Bonchev–Trinajstić information content (AvgIpc) is 2.19. The van der Waals surface area contributed by atoms with Gasteiger partial charge in [0.05, 0.1) is 5.71 Å². The van der Waals surface area contributed by atoms with E-state index in [9.17, 15) is 9.90 Å². The zero-order valence-corrected chi connectivity index (χ0v) is 6.29. The predicted molar refractivity (Wildman–Crippen MR) is 41.0 cm³/mol. The van der Waals surface area contributed by atoms with Crippen LogP contribution in [0.3, 0.4) is 0 Å². The van der Waals surface area contributed by atoms with Crippen LogP contribution >= 0.6 is 0 Å². The average molecular weight is 154 g/mol. The Balaban J connectivity index is 2.89. The molecule has 4 heteroatoms. The number of rotatable bonds is 2. The van der Waals surface area contributed by atoms with Gasteiger partial charge >= 0.3 is 0 Å². The van der Waals surface area contributed by atoms with Crippen LogP contribution in [0.25, 0.3) is 0 Å². The fraction of sp³-hybridized carbons (Fsp3) is 0.429. The molecule has 0 radical (unpaired) electrons. The molecule has 0 aromatic heterocycles. The molecule has 0 saturated heterocycles. The number of hydrazone groups is 1. The molecule has 60 valence electrons. The summed E-state index contributed by atoms with van der Waals surface area (Å²) in [6, 6.07) is 0. The number of aliphatic hydroxyl groups is 1. The van der Waals surface area contributed by atoms with Gasteiger partial charge in [0.15, 0.2) is 5.60 Å². The van der Waals surface area contributed by atoms with E-state index in [2.05, 4.69) is 17.1 Å². The monoisotopic (exact) mass is 154 g/mol. The molecule has 1 aliphatic rings. The summed E-state index contributed by atoms with van der Waals surface area (Å²) in [5, 5.41) is 13.2. The summed E-state index contributed by atoms with van der Waals surface area (Å²) in [7, 11) is 0. The Hall–Kier alpha value is -1.16. The number of nitrogens with one attached hydrogen (secondary N) is 1. The molecule has 2 N–H and O–H groups in total. The third-order valence-electron chi connectivity index (χ3n) is 1.74. The van der Waals surface area contributed by atoms with Gasteiger partial charge in [-0.15, -0.1) is 6.58 Å². The highest BCUT2D eigenvalue weighted by atomic mass is 16.3. The molecule has 1 amide bonds. The van der Waals surface area contributed by atoms with Crippen LogP contribution < -0.4 is 5.43 Å². The molecule has 1 aliphatic heterocycles. The molecule has 1 unspecified atom stereocenters. The maximum absolute atomic E-state index is 11.0. The van der Waals surface area contributed by atoms with Gasteiger partial charge in [0.25, 0.3) is 5.91 Å². The van der Waals surface area contributed by atoms with Crippen molar-refractivity contribution in [3.8, 4) is 0 Å². The van der Waals surface area contributed by atoms with Gasteiger partial charge in [0.1, 0.15) is 0 Å². The van der Waals surface area contributed by atoms with Crippen LogP contribution in [0.4, 0.5) is 0 Å². The molecule has 0 aromatic carbocycles. The van der Waals surface area contributed by atoms with Crippen molar-refractivity contribution in [3.63, 3.8) is 0 Å². The number of hydrogen-bond acceptors (Lipinski definition) is 3. The molecule has 4 nitrogen and oxygen atoms in total. The van der Waals surface area contributed by atoms with Crippen molar-refractivity contribution < 1.29 is 9.90 Å². The van der Waals surface area contributed by atoms with Gasteiger partial charge in [0, 0.05) is 6.42 Å². The largest absolute Gasteiger partial charge is 0.374 e. The lowest BCUT2D eigenvalue weighted by atomic mass is 9.95. The lowest BCUT2D eigenvalue weighted by Gasteiger charge is -2.16. The first kappa shape index (κ1) is 7.94. The van der Waals surface area contributed by atoms with Gasteiger partial charge in [-0.3, -0.25) is 4.79 Å². The molecule has 1 heterocycles. The second-order valence-corrected chi connectivity index (χ2v) is 2.49. The third-order valence-corrected chi connectivity index (χ3v) is 1.74. The summed E-state index contributed by atoms with van der Waals surface area (Å²) in [5.41, 5.74) is 1.13. The molecule has 1 atom stereocenters. The van der Waals surface area contributed by atoms with Crippen LogP contribution in [-0.2, 0) is 4.79 Å². The molecule has 0 bridgehead atoms. The highest BCUT2D eigenvalue weighted by Crippen LogP contribution is 2.17. The molecular weight excluding hydrogens is 144 g/mol. The van der Waals surface area contributed by atoms with Crippen molar-refractivity contribution in [2.45, 2.75) is 18.9 Å². The van der Waals surface area contributed by atoms with E-state index >= 15 is 0 Å². The van der Waals surface area contributed by atoms with Crippen molar-refractivity contribution in [2.75, 3.05) is 0 Å². The second kappa shape index (κ2) is 2.47. The lowest BCUT2D eigenvalue weighted by molar-refractivity contribution is -0.131. The van der Waals surface area contributed by atoms with Crippen LogP contribution in [0.15, 0.2) is 17.8 Å². The van der Waals surface area contributed by atoms with Gasteiger partial charge in [-0.25, -0.2) is 5.43 Å². The van der Waals surface area contributed by atoms with Crippen LogP contribution in [0, 0.1) is 0 Å². The first-order valence-electron chi connectivity index (χ1n) is 3.29. The number of amides is 1. The fourth-order valence-corrected chi connectivity index (χ4v) is 0.933. The van der Waals surface area contributed by atoms with Crippen LogP contribution in [0.2, 0.25) is 0 Å². The minimum atomic E-state index is -1.46. The number of hydrogen-bond donors (Lipinski definition) is 2. The van der Waals surface area contributed by atoms with Crippen LogP contribution in [0.1, 0.15) is 13.3 Å². The van der Waals surface area contributed by atoms with Gasteiger partial charge in [0.2, 0.25) is 0 Å². The van der Waals surface area contributed by atoms with Gasteiger partial charge in [-0.05, 0) is 6.92 Å². The Morgan fingerprint density at radius 2 is 2.55 bits per heavy atom. The van der Waals surface area contributed by atoms with E-state index < -0.39 is 11.5 Å². The fourth-order valence-electron chi connectivity index (χ4n) is 0.933. The molecule has 1 rings (SSSR count). The van der Waals surface area contributed by atoms with Crippen molar-refractivity contribution in [3.05, 3.63) is 12.7 Å². The molecule has 0 aromatic rings. The normalized spacial score (nSPS) is 29.6. The van der Waals surface area contributed by atoms with E-state index in [0.717, 1.165) is 0 Å². The Labute approximate surface area is 64.6 Å². The topological polar surface area (TPSA) is 61.7 Å². The highest BCUT2D eigenvalue weighted by molar-refractivity contribution is 6.14. The molecule has 0 fully saturated rings. The lowest BCUT2D eigenvalue weighted by Crippen LogP contribution is -2.43. The molecule has 0 aliphatic carbocycles. The Bertz CT molecular complexity index is 235. The standard InChI is InChI=1S/C7H10N2O2/c1-3-4-7(11)5(2)8-9-6(7)10/h3,11H,1,4H2,2H3,(H,9,10). The van der Waals surface area contributed by atoms with Crippen LogP contribution in [0.5, 0.6) is 0 Å². The molecular formula is C7H10N2O2. The van der Waals surface area contributed by atoms with Gasteiger partial charge in [-0.1, -0.05) is 6.08 Å². The van der Waals surface area contributed by atoms with Crippen molar-refractivity contribution in [2.24, 2.45) is 5.10 Å². The van der Waals surface area contributed by atoms with E-state index in [0.29, 0.717) is 5.71 Å². The summed E-state index contributed by atoms with van der Waals surface area (Å²) in [6.07, 6.45) is 1.69. The number of nitrogens with zero attached hydrogens (tertiary/aromatic N) is 1. The summed E-state index contributed by atoms with van der Waals surface area (Å²) in [5.74, 6) is -0.477. The smallest absolute Gasteiger partial charge is 0.278 e. The third kappa shape index (κ3) is 1.05. The second-order valence-electron chi connectivity index (χ2n) is 2.49. The van der Waals surface area contributed by atoms with E-state index in [1.807, 2.05) is 0 Å². The quantitative estimate of drug-likeness (QED) is 0.541. The predicted octanol–water partition coefficient (Wildman–Crippen LogP) is -0.201. The number of carbonyl (C=O) groups excluding carboxylic acids is 1. The summed E-state index contributed by atoms with van der Waals surface area (Å²) < 4.78 is 0. The van der Waals surface area contributed by atoms with E-state index in [4.69, 9.17) is 0 Å². The van der Waals surface area contributed by atoms with Crippen molar-refractivity contribution in [1.82, 2.24) is 5.43 Å². The molecule has 0 spiro atoms. The molecule has 11 heavy (non-hydrogen) atoms. The zero-order chi connectivity index (χ0) is 8.48. The summed E-state index contributed by atoms with van der Waals surface area (Å²) in [6.45, 7) is 5.04. The van der Waals surface area contributed by atoms with E-state index in [1.54, 1.807) is 6.92 Å². The van der Waals surface area contributed by atoms with Gasteiger partial charge in [-0.2, -0.15) is 5.10 Å². The van der Waals surface area contributed by atoms with Gasteiger partial charge < -0.3 is 5.11 Å². The first-order chi connectivity index (χ1) is 5.11. The first-order valence-corrected chi connectivity index (χ1v) is 3.29. The highest BCUT2D eigenvalue weighted by Gasteiger charge is 2.42. The summed E-state index contributed by atoms with van der Waals surface area (Å²) >= 11 is 0. The number of carbonyl (C=O) groups is 1. The molecule has 0 saturated carbocycles. The van der Waals surface area contributed by atoms with Crippen molar-refractivity contribution in [1.29, 1.82) is 0 Å². The van der Waals surface area contributed by atoms with Crippen LogP contribution in [-0.4, -0.2) is 22.3 Å². The zero-order valence-electron chi connectivity index (χ0n) is 6.29. The maximum Gasteiger partial charge on any atom is 0.278 e. The Morgan fingerprint density at radius 1 is 1.91 bits per heavy atom. The minimum Gasteiger partial charge on any atom is -0.374 e. The Kier molecular flexibility index (Phi) is 1.78. The van der Waals surface area contributed by atoms with E-state index in [1.165, 1.54) is 6.08 Å². The maximum atomic E-state index is 11.0. The Morgan fingerprint density at radius 3 is 2.91 bits per heavy atom. The summed E-state index contributed by atoms with van der Waals surface area (Å²) in [4.78, 5) is 11.0. The van der Waals surface area contributed by atoms with E-state index in [-0.39, 0.29) is 6.42 Å². The SMILES string of the molecule is C=CCC1(O)C(=O)NN=C1C. The minimum absolute atomic E-state index is 0.203.